The van der Waals surface area contributed by atoms with E-state index in [0.717, 1.165) is 5.39 Å². The normalized spacial score (nSPS) is 10.3. The predicted molar refractivity (Wildman–Crippen MR) is 42.7 cm³/mol. The average molecular weight is 145 g/mol. The standard InChI is InChI=1S/C10H6F/c11-10-7-3-5-8-4-1-2-6-9(8)10/h1,3-7H. The van der Waals surface area contributed by atoms with Crippen LogP contribution in [-0.2, 0) is 0 Å². The Kier molecular flexibility index (Phi) is 1.35. The van der Waals surface area contributed by atoms with Crippen LogP contribution in [0.4, 0.5) is 4.39 Å². The summed E-state index contributed by atoms with van der Waals surface area (Å²) in [6, 6.07) is 13.2. The average Bonchev–Trinajstić information content (AvgIpc) is 2.06. The monoisotopic (exact) mass is 145 g/mol. The molecule has 0 spiro atoms. The first-order valence-electron chi connectivity index (χ1n) is 3.42. The summed E-state index contributed by atoms with van der Waals surface area (Å²) >= 11 is 0. The van der Waals surface area contributed by atoms with Gasteiger partial charge in [0, 0.05) is 5.39 Å². The number of hydrogen-bond donors (Lipinski definition) is 0. The van der Waals surface area contributed by atoms with Gasteiger partial charge in [0.05, 0.1) is 0 Å². The summed E-state index contributed by atoms with van der Waals surface area (Å²) in [7, 11) is 0. The van der Waals surface area contributed by atoms with E-state index in [1.807, 2.05) is 12.1 Å². The lowest BCUT2D eigenvalue weighted by atomic mass is 10.1. The molecule has 0 saturated carbocycles. The molecule has 0 amide bonds. The molecule has 11 heavy (non-hydrogen) atoms. The summed E-state index contributed by atoms with van der Waals surface area (Å²) in [6.45, 7) is 0. The van der Waals surface area contributed by atoms with Crippen molar-refractivity contribution in [2.75, 3.05) is 0 Å². The third kappa shape index (κ3) is 0.984. The van der Waals surface area contributed by atoms with Gasteiger partial charge >= 0.3 is 0 Å². The number of halogens is 1. The lowest BCUT2D eigenvalue weighted by Crippen LogP contribution is -1.76. The van der Waals surface area contributed by atoms with Gasteiger partial charge in [0.2, 0.25) is 0 Å². The molecule has 2 rings (SSSR count). The van der Waals surface area contributed by atoms with Crippen LogP contribution < -0.4 is 0 Å². The summed E-state index contributed by atoms with van der Waals surface area (Å²) < 4.78 is 13.0. The molecule has 1 heteroatoms. The molecule has 0 heterocycles. The molecule has 0 aromatic heterocycles. The zero-order valence-electron chi connectivity index (χ0n) is 5.84. The van der Waals surface area contributed by atoms with E-state index < -0.39 is 0 Å². The summed E-state index contributed by atoms with van der Waals surface area (Å²) in [5, 5.41) is 1.55. The van der Waals surface area contributed by atoms with Crippen LogP contribution in [0, 0.1) is 11.9 Å². The topological polar surface area (TPSA) is 0 Å². The smallest absolute Gasteiger partial charge is 0.131 e. The molecule has 0 aliphatic carbocycles. The van der Waals surface area contributed by atoms with Crippen LogP contribution in [0.5, 0.6) is 0 Å². The highest BCUT2D eigenvalue weighted by Gasteiger charge is 1.95. The van der Waals surface area contributed by atoms with E-state index in [9.17, 15) is 4.39 Å². The fraction of sp³-hybridized carbons (Fsp3) is 0. The zero-order chi connectivity index (χ0) is 7.68. The molecule has 0 aliphatic heterocycles. The van der Waals surface area contributed by atoms with Crippen molar-refractivity contribution in [3.8, 4) is 0 Å². The van der Waals surface area contributed by atoms with E-state index in [-0.39, 0.29) is 5.82 Å². The molecule has 0 N–H and O–H groups in total. The van der Waals surface area contributed by atoms with E-state index in [4.69, 9.17) is 0 Å². The first-order chi connectivity index (χ1) is 5.38. The molecule has 53 valence electrons. The van der Waals surface area contributed by atoms with Gasteiger partial charge in [0.25, 0.3) is 0 Å². The van der Waals surface area contributed by atoms with Crippen molar-refractivity contribution in [3.63, 3.8) is 0 Å². The maximum atomic E-state index is 13.0. The van der Waals surface area contributed by atoms with Gasteiger partial charge in [0.1, 0.15) is 5.82 Å². The van der Waals surface area contributed by atoms with E-state index in [2.05, 4.69) is 6.07 Å². The third-order valence-corrected chi connectivity index (χ3v) is 1.67. The fourth-order valence-corrected chi connectivity index (χ4v) is 1.12. The van der Waals surface area contributed by atoms with E-state index in [0.29, 0.717) is 5.39 Å². The van der Waals surface area contributed by atoms with Crippen LogP contribution in [0.2, 0.25) is 0 Å². The van der Waals surface area contributed by atoms with Crippen molar-refractivity contribution in [2.45, 2.75) is 0 Å². The largest absolute Gasteiger partial charge is 0.206 e. The highest BCUT2D eigenvalue weighted by atomic mass is 19.1. The third-order valence-electron chi connectivity index (χ3n) is 1.67. The van der Waals surface area contributed by atoms with Gasteiger partial charge in [-0.3, -0.25) is 0 Å². The molecule has 0 bridgehead atoms. The number of fused-ring (bicyclic) bond motifs is 1. The van der Waals surface area contributed by atoms with Gasteiger partial charge in [-0.05, 0) is 23.6 Å². The summed E-state index contributed by atoms with van der Waals surface area (Å²) in [5.74, 6) is -0.181. The highest BCUT2D eigenvalue weighted by molar-refractivity contribution is 5.82. The van der Waals surface area contributed by atoms with Crippen molar-refractivity contribution in [1.82, 2.24) is 0 Å². The Hall–Kier alpha value is -1.37. The Labute approximate surface area is 64.3 Å². The molecule has 2 aromatic rings. The molecule has 0 saturated heterocycles. The van der Waals surface area contributed by atoms with Crippen molar-refractivity contribution in [3.05, 3.63) is 48.3 Å². The van der Waals surface area contributed by atoms with Gasteiger partial charge < -0.3 is 0 Å². The van der Waals surface area contributed by atoms with Gasteiger partial charge in [-0.1, -0.05) is 24.3 Å². The molecule has 1 radical (unpaired) electrons. The molecule has 2 aromatic carbocycles. The predicted octanol–water partition coefficient (Wildman–Crippen LogP) is 2.78. The lowest BCUT2D eigenvalue weighted by molar-refractivity contribution is 0.640. The van der Waals surface area contributed by atoms with E-state index >= 15 is 0 Å². The number of rotatable bonds is 0. The van der Waals surface area contributed by atoms with Crippen LogP contribution >= 0.6 is 0 Å². The second-order valence-electron chi connectivity index (χ2n) is 2.39. The molecular weight excluding hydrogens is 139 g/mol. The van der Waals surface area contributed by atoms with Gasteiger partial charge in [-0.15, -0.1) is 0 Å². The molecule has 0 unspecified atom stereocenters. The highest BCUT2D eigenvalue weighted by Crippen LogP contribution is 2.15. The first-order valence-corrected chi connectivity index (χ1v) is 3.42. The maximum Gasteiger partial charge on any atom is 0.131 e. The summed E-state index contributed by atoms with van der Waals surface area (Å²) in [5.41, 5.74) is 0. The molecule has 0 atom stereocenters. The molecule has 0 aliphatic rings. The number of benzene rings is 2. The molecular formula is C10H6F. The van der Waals surface area contributed by atoms with Crippen LogP contribution in [0.15, 0.2) is 36.4 Å². The Balaban J connectivity index is 2.91. The summed E-state index contributed by atoms with van der Waals surface area (Å²) in [4.78, 5) is 0. The van der Waals surface area contributed by atoms with Crippen LogP contribution in [0.3, 0.4) is 0 Å². The van der Waals surface area contributed by atoms with Crippen molar-refractivity contribution >= 4 is 10.8 Å². The first kappa shape index (κ1) is 6.35. The van der Waals surface area contributed by atoms with E-state index in [1.165, 1.54) is 6.07 Å². The van der Waals surface area contributed by atoms with Crippen LogP contribution in [-0.4, -0.2) is 0 Å². The molecule has 0 fully saturated rings. The van der Waals surface area contributed by atoms with Crippen LogP contribution in [0.25, 0.3) is 10.8 Å². The summed E-state index contributed by atoms with van der Waals surface area (Å²) in [6.07, 6.45) is 0. The maximum absolute atomic E-state index is 13.0. The Morgan fingerprint density at radius 1 is 1.18 bits per heavy atom. The van der Waals surface area contributed by atoms with Crippen molar-refractivity contribution in [2.24, 2.45) is 0 Å². The second kappa shape index (κ2) is 2.35. The van der Waals surface area contributed by atoms with E-state index in [1.54, 1.807) is 18.2 Å². The Bertz CT molecular complexity index is 374. The van der Waals surface area contributed by atoms with Gasteiger partial charge in [-0.2, -0.15) is 0 Å². The lowest BCUT2D eigenvalue weighted by Gasteiger charge is -1.95. The minimum atomic E-state index is -0.181. The minimum Gasteiger partial charge on any atom is -0.206 e. The SMILES string of the molecule is Fc1cccc2cc[c]cc12. The molecule has 0 nitrogen and oxygen atoms in total. The van der Waals surface area contributed by atoms with Crippen molar-refractivity contribution < 1.29 is 4.39 Å². The van der Waals surface area contributed by atoms with Gasteiger partial charge in [-0.25, -0.2) is 4.39 Å². The van der Waals surface area contributed by atoms with Crippen LogP contribution in [0.1, 0.15) is 0 Å². The second-order valence-corrected chi connectivity index (χ2v) is 2.39. The Morgan fingerprint density at radius 2 is 2.09 bits per heavy atom. The minimum absolute atomic E-state index is 0.181. The van der Waals surface area contributed by atoms with Gasteiger partial charge in [0.15, 0.2) is 0 Å². The quantitative estimate of drug-likeness (QED) is 0.534. The Morgan fingerprint density at radius 3 is 2.91 bits per heavy atom. The van der Waals surface area contributed by atoms with Crippen molar-refractivity contribution in [1.29, 1.82) is 0 Å². The number of hydrogen-bond acceptors (Lipinski definition) is 0. The zero-order valence-corrected chi connectivity index (χ0v) is 5.84. The fourth-order valence-electron chi connectivity index (χ4n) is 1.12.